The third-order valence-electron chi connectivity index (χ3n) is 3.97. The fraction of sp³-hybridized carbons (Fsp3) is 0.429. The summed E-state index contributed by atoms with van der Waals surface area (Å²) in [6.07, 6.45) is 2.46. The van der Waals surface area contributed by atoms with Crippen LogP contribution >= 0.6 is 0 Å². The van der Waals surface area contributed by atoms with Crippen molar-refractivity contribution in [2.75, 3.05) is 18.0 Å². The van der Waals surface area contributed by atoms with Gasteiger partial charge in [-0.05, 0) is 18.1 Å². The lowest BCUT2D eigenvalue weighted by Gasteiger charge is -2.37. The Morgan fingerprint density at radius 2 is 2.10 bits per heavy atom. The summed E-state index contributed by atoms with van der Waals surface area (Å²) in [5.41, 5.74) is 0.777. The van der Waals surface area contributed by atoms with E-state index in [1.165, 1.54) is 0 Å². The Bertz CT molecular complexity index is 593. The summed E-state index contributed by atoms with van der Waals surface area (Å²) in [4.78, 5) is 39.8. The van der Waals surface area contributed by atoms with Crippen LogP contribution < -0.4 is 10.2 Å². The number of aliphatic carboxylic acids is 1. The first-order valence-electron chi connectivity index (χ1n) is 6.82. The van der Waals surface area contributed by atoms with E-state index in [-0.39, 0.29) is 23.7 Å². The second-order valence-corrected chi connectivity index (χ2v) is 5.39. The summed E-state index contributed by atoms with van der Waals surface area (Å²) < 4.78 is 0. The number of amides is 2. The van der Waals surface area contributed by atoms with E-state index in [0.717, 1.165) is 5.56 Å². The van der Waals surface area contributed by atoms with Crippen molar-refractivity contribution in [3.8, 4) is 0 Å². The number of nitrogens with one attached hydrogen (secondary N) is 1. The predicted octanol–water partition coefficient (Wildman–Crippen LogP) is 0.123. The first kappa shape index (κ1) is 13.5. The minimum atomic E-state index is -0.786. The van der Waals surface area contributed by atoms with Gasteiger partial charge >= 0.3 is 5.97 Å². The van der Waals surface area contributed by atoms with Crippen molar-refractivity contribution in [3.63, 3.8) is 0 Å². The third-order valence-corrected chi connectivity index (χ3v) is 3.97. The summed E-state index contributed by atoms with van der Waals surface area (Å²) in [6.45, 7) is 0.917. The maximum atomic E-state index is 11.8. The number of carbonyl (C=O) groups is 3. The molecule has 3 rings (SSSR count). The minimum Gasteiger partial charge on any atom is -0.481 e. The molecule has 7 heteroatoms. The van der Waals surface area contributed by atoms with Gasteiger partial charge in [0, 0.05) is 25.7 Å². The normalized spacial score (nSPS) is 22.7. The van der Waals surface area contributed by atoms with Crippen molar-refractivity contribution in [1.29, 1.82) is 0 Å². The Morgan fingerprint density at radius 3 is 2.67 bits per heavy atom. The molecule has 0 saturated carbocycles. The van der Waals surface area contributed by atoms with Gasteiger partial charge in [0.2, 0.25) is 11.8 Å². The van der Waals surface area contributed by atoms with Gasteiger partial charge in [-0.3, -0.25) is 19.7 Å². The molecule has 0 radical (unpaired) electrons. The van der Waals surface area contributed by atoms with Crippen molar-refractivity contribution in [2.45, 2.75) is 18.8 Å². The Labute approximate surface area is 121 Å². The highest BCUT2D eigenvalue weighted by molar-refractivity contribution is 6.00. The molecular formula is C14H15N3O4. The van der Waals surface area contributed by atoms with Gasteiger partial charge in [-0.2, -0.15) is 0 Å². The molecule has 1 aromatic heterocycles. The molecule has 2 aliphatic rings. The molecule has 1 aromatic rings. The average Bonchev–Trinajstić information content (AvgIpc) is 2.38. The molecule has 3 heterocycles. The van der Waals surface area contributed by atoms with Gasteiger partial charge in [0.1, 0.15) is 5.82 Å². The number of hydrogen-bond donors (Lipinski definition) is 2. The van der Waals surface area contributed by atoms with Gasteiger partial charge in [-0.25, -0.2) is 4.98 Å². The van der Waals surface area contributed by atoms with Crippen molar-refractivity contribution in [3.05, 3.63) is 23.9 Å². The van der Waals surface area contributed by atoms with Gasteiger partial charge in [-0.15, -0.1) is 0 Å². The second-order valence-electron chi connectivity index (χ2n) is 5.39. The number of nitrogens with zero attached hydrogens (tertiary/aromatic N) is 2. The molecule has 7 nitrogen and oxygen atoms in total. The first-order valence-corrected chi connectivity index (χ1v) is 6.82. The van der Waals surface area contributed by atoms with Crippen LogP contribution in [0.15, 0.2) is 18.3 Å². The zero-order valence-electron chi connectivity index (χ0n) is 11.3. The van der Waals surface area contributed by atoms with E-state index in [1.54, 1.807) is 12.3 Å². The van der Waals surface area contributed by atoms with E-state index in [9.17, 15) is 14.4 Å². The number of rotatable bonds is 3. The van der Waals surface area contributed by atoms with E-state index in [0.29, 0.717) is 31.7 Å². The predicted molar refractivity (Wildman–Crippen MR) is 72.7 cm³/mol. The Balaban J connectivity index is 1.66. The van der Waals surface area contributed by atoms with Crippen LogP contribution in [0, 0.1) is 5.92 Å². The van der Waals surface area contributed by atoms with Gasteiger partial charge in [0.25, 0.3) is 0 Å². The topological polar surface area (TPSA) is 99.6 Å². The summed E-state index contributed by atoms with van der Waals surface area (Å²) in [7, 11) is 0. The molecule has 2 fully saturated rings. The fourth-order valence-corrected chi connectivity index (χ4v) is 2.62. The van der Waals surface area contributed by atoms with E-state index in [2.05, 4.69) is 10.3 Å². The van der Waals surface area contributed by atoms with Crippen LogP contribution in [0.1, 0.15) is 24.3 Å². The molecule has 2 saturated heterocycles. The number of pyridine rings is 1. The van der Waals surface area contributed by atoms with Gasteiger partial charge in [-0.1, -0.05) is 6.07 Å². The Hall–Kier alpha value is -2.44. The number of carboxylic acids is 1. The largest absolute Gasteiger partial charge is 0.481 e. The lowest BCUT2D eigenvalue weighted by molar-refractivity contribution is -0.142. The highest BCUT2D eigenvalue weighted by Gasteiger charge is 2.33. The molecule has 2 N–H and O–H groups in total. The molecule has 110 valence electrons. The van der Waals surface area contributed by atoms with Gasteiger partial charge in [0.05, 0.1) is 11.8 Å². The molecular weight excluding hydrogens is 274 g/mol. The number of hydrogen-bond acceptors (Lipinski definition) is 5. The summed E-state index contributed by atoms with van der Waals surface area (Å²) in [5.74, 6) is -1.26. The smallest absolute Gasteiger partial charge is 0.310 e. The molecule has 0 aliphatic carbocycles. The SMILES string of the molecule is O=C1CC[C@H](c2ccc(N3CC(C(=O)O)C3)nc2)C(=O)N1. The van der Waals surface area contributed by atoms with E-state index in [1.807, 2.05) is 11.0 Å². The number of carbonyl (C=O) groups excluding carboxylic acids is 2. The Kier molecular flexibility index (Phi) is 3.32. The molecule has 0 bridgehead atoms. The third kappa shape index (κ3) is 2.58. The molecule has 0 spiro atoms. The number of piperidine rings is 1. The lowest BCUT2D eigenvalue weighted by Crippen LogP contribution is -2.50. The molecule has 0 aromatic carbocycles. The van der Waals surface area contributed by atoms with Crippen LogP contribution in [0.4, 0.5) is 5.82 Å². The standard InChI is InChI=1S/C14H15N3O4/c18-12-4-2-10(13(19)16-12)8-1-3-11(15-5-8)17-6-9(7-17)14(20)21/h1,3,5,9-10H,2,4,6-7H2,(H,20,21)(H,16,18,19)/t10-/m1/s1. The molecule has 0 unspecified atom stereocenters. The zero-order chi connectivity index (χ0) is 15.0. The molecule has 21 heavy (non-hydrogen) atoms. The quantitative estimate of drug-likeness (QED) is 0.767. The summed E-state index contributed by atoms with van der Waals surface area (Å²) in [6, 6.07) is 3.60. The fourth-order valence-electron chi connectivity index (χ4n) is 2.62. The van der Waals surface area contributed by atoms with E-state index < -0.39 is 5.97 Å². The zero-order valence-corrected chi connectivity index (χ0v) is 11.3. The molecule has 1 atom stereocenters. The maximum absolute atomic E-state index is 11.8. The highest BCUT2D eigenvalue weighted by Crippen LogP contribution is 2.27. The first-order chi connectivity index (χ1) is 10.0. The highest BCUT2D eigenvalue weighted by atomic mass is 16.4. The van der Waals surface area contributed by atoms with Crippen LogP contribution in [-0.4, -0.2) is 41.0 Å². The Morgan fingerprint density at radius 1 is 1.33 bits per heavy atom. The average molecular weight is 289 g/mol. The van der Waals surface area contributed by atoms with Crippen LogP contribution in [0.3, 0.4) is 0 Å². The number of aromatic nitrogens is 1. The number of carboxylic acid groups (broad SMARTS) is 1. The molecule has 2 amide bonds. The second kappa shape index (κ2) is 5.16. The van der Waals surface area contributed by atoms with E-state index in [4.69, 9.17) is 5.11 Å². The van der Waals surface area contributed by atoms with Crippen molar-refractivity contribution >= 4 is 23.6 Å². The van der Waals surface area contributed by atoms with Crippen molar-refractivity contribution < 1.29 is 19.5 Å². The van der Waals surface area contributed by atoms with Crippen molar-refractivity contribution in [1.82, 2.24) is 10.3 Å². The number of imide groups is 1. The van der Waals surface area contributed by atoms with Gasteiger partial charge < -0.3 is 10.0 Å². The van der Waals surface area contributed by atoms with Crippen LogP contribution in [0.5, 0.6) is 0 Å². The summed E-state index contributed by atoms with van der Waals surface area (Å²) in [5, 5.41) is 11.2. The monoisotopic (exact) mass is 289 g/mol. The minimum absolute atomic E-state index is 0.235. The maximum Gasteiger partial charge on any atom is 0.310 e. The number of anilines is 1. The molecule has 2 aliphatic heterocycles. The van der Waals surface area contributed by atoms with Crippen molar-refractivity contribution in [2.24, 2.45) is 5.92 Å². The van der Waals surface area contributed by atoms with Gasteiger partial charge in [0.15, 0.2) is 0 Å². The lowest BCUT2D eigenvalue weighted by atomic mass is 9.91. The summed E-state index contributed by atoms with van der Waals surface area (Å²) >= 11 is 0. The van der Waals surface area contributed by atoms with Crippen LogP contribution in [0.25, 0.3) is 0 Å². The van der Waals surface area contributed by atoms with Crippen LogP contribution in [0.2, 0.25) is 0 Å². The van der Waals surface area contributed by atoms with Crippen LogP contribution in [-0.2, 0) is 14.4 Å². The van der Waals surface area contributed by atoms with E-state index >= 15 is 0 Å².